The Kier molecular flexibility index (Phi) is 5.16. The predicted molar refractivity (Wildman–Crippen MR) is 122 cm³/mol. The van der Waals surface area contributed by atoms with E-state index in [9.17, 15) is 8.42 Å². The second kappa shape index (κ2) is 8.01. The minimum Gasteiger partial charge on any atom is -0.376 e. The molecule has 0 saturated carbocycles. The quantitative estimate of drug-likeness (QED) is 0.484. The normalized spacial score (nSPS) is 13.8. The van der Waals surface area contributed by atoms with Crippen LogP contribution in [0.4, 0.5) is 5.82 Å². The molecule has 4 aromatic rings. The van der Waals surface area contributed by atoms with Crippen molar-refractivity contribution in [3.8, 4) is 5.95 Å². The fraction of sp³-hybridized carbons (Fsp3) is 0.217. The average molecular weight is 450 g/mol. The zero-order valence-electron chi connectivity index (χ0n) is 17.6. The summed E-state index contributed by atoms with van der Waals surface area (Å²) in [5.74, 6) is 1.21. The van der Waals surface area contributed by atoms with Crippen LogP contribution in [0.15, 0.2) is 59.5 Å². The average Bonchev–Trinajstić information content (AvgIpc) is 3.13. The summed E-state index contributed by atoms with van der Waals surface area (Å²) in [6.45, 7) is 3.57. The molecule has 2 aromatic heterocycles. The van der Waals surface area contributed by atoms with Crippen LogP contribution in [0.5, 0.6) is 0 Å². The Morgan fingerprint density at radius 3 is 2.72 bits per heavy atom. The zero-order valence-corrected chi connectivity index (χ0v) is 18.4. The number of aryl methyl sites for hydroxylation is 1. The topological polar surface area (TPSA) is 112 Å². The Labute approximate surface area is 186 Å². The highest BCUT2D eigenvalue weighted by molar-refractivity contribution is 7.89. The number of benzene rings is 2. The highest BCUT2D eigenvalue weighted by Crippen LogP contribution is 2.30. The third-order valence-electron chi connectivity index (χ3n) is 5.61. The Hall–Kier alpha value is -3.27. The van der Waals surface area contributed by atoms with Gasteiger partial charge < -0.3 is 10.1 Å². The summed E-state index contributed by atoms with van der Waals surface area (Å²) in [6.07, 6.45) is 0.686. The van der Waals surface area contributed by atoms with E-state index in [2.05, 4.69) is 17.4 Å². The molecule has 3 N–H and O–H groups in total. The van der Waals surface area contributed by atoms with Crippen LogP contribution in [0.25, 0.3) is 16.9 Å². The third-order valence-corrected chi connectivity index (χ3v) is 6.58. The first kappa shape index (κ1) is 20.6. The van der Waals surface area contributed by atoms with E-state index in [4.69, 9.17) is 19.8 Å². The van der Waals surface area contributed by atoms with Gasteiger partial charge in [-0.25, -0.2) is 18.5 Å². The standard InChI is InChI=1S/C23H23N5O3S/c1-15-12-17-20(8-5-9-21(17)32(24,29)30)28(15)23-26-19-10-11-31-14-18(19)22(27-23)25-13-16-6-3-2-4-7-16/h2-9,12H,10-11,13-14H2,1H3,(H2,24,29,30)(H,25,26,27). The summed E-state index contributed by atoms with van der Waals surface area (Å²) in [4.78, 5) is 9.74. The number of sulfonamides is 1. The predicted octanol–water partition coefficient (Wildman–Crippen LogP) is 3.06. The fourth-order valence-electron chi connectivity index (χ4n) is 4.10. The molecule has 164 valence electrons. The highest BCUT2D eigenvalue weighted by atomic mass is 32.2. The van der Waals surface area contributed by atoms with Gasteiger partial charge >= 0.3 is 0 Å². The maximum absolute atomic E-state index is 12.1. The molecule has 0 unspecified atom stereocenters. The van der Waals surface area contributed by atoms with Gasteiger partial charge in [0, 0.05) is 29.6 Å². The van der Waals surface area contributed by atoms with Gasteiger partial charge in [0.25, 0.3) is 0 Å². The van der Waals surface area contributed by atoms with Crippen LogP contribution in [-0.4, -0.2) is 29.6 Å². The molecule has 5 rings (SSSR count). The fourth-order valence-corrected chi connectivity index (χ4v) is 4.83. The minimum atomic E-state index is -3.86. The van der Waals surface area contributed by atoms with Crippen LogP contribution in [0, 0.1) is 6.92 Å². The van der Waals surface area contributed by atoms with Crippen molar-refractivity contribution in [2.24, 2.45) is 5.14 Å². The molecule has 0 fully saturated rings. The molecular weight excluding hydrogens is 426 g/mol. The molecule has 0 spiro atoms. The second-order valence-electron chi connectivity index (χ2n) is 7.79. The van der Waals surface area contributed by atoms with Crippen molar-refractivity contribution in [1.29, 1.82) is 0 Å². The van der Waals surface area contributed by atoms with E-state index in [0.29, 0.717) is 43.0 Å². The van der Waals surface area contributed by atoms with E-state index in [1.54, 1.807) is 12.1 Å². The van der Waals surface area contributed by atoms with Crippen LogP contribution in [-0.2, 0) is 34.3 Å². The number of hydrogen-bond donors (Lipinski definition) is 2. The van der Waals surface area contributed by atoms with Gasteiger partial charge in [-0.05, 0) is 30.7 Å². The summed E-state index contributed by atoms with van der Waals surface area (Å²) in [5.41, 5.74) is 4.53. The van der Waals surface area contributed by atoms with Crippen LogP contribution in [0.1, 0.15) is 22.5 Å². The van der Waals surface area contributed by atoms with Crippen molar-refractivity contribution >= 4 is 26.7 Å². The smallest absolute Gasteiger partial charge is 0.238 e. The first-order chi connectivity index (χ1) is 15.4. The third kappa shape index (κ3) is 3.75. The first-order valence-corrected chi connectivity index (χ1v) is 11.9. The molecule has 1 aliphatic rings. The van der Waals surface area contributed by atoms with Gasteiger partial charge in [-0.2, -0.15) is 4.98 Å². The molecule has 2 aromatic carbocycles. The zero-order chi connectivity index (χ0) is 22.3. The van der Waals surface area contributed by atoms with Crippen LogP contribution >= 0.6 is 0 Å². The summed E-state index contributed by atoms with van der Waals surface area (Å²) in [7, 11) is -3.86. The van der Waals surface area contributed by atoms with E-state index in [1.807, 2.05) is 35.8 Å². The van der Waals surface area contributed by atoms with Gasteiger partial charge in [-0.1, -0.05) is 36.4 Å². The molecule has 0 bridgehead atoms. The van der Waals surface area contributed by atoms with Crippen LogP contribution in [0.3, 0.4) is 0 Å². The summed E-state index contributed by atoms with van der Waals surface area (Å²) < 4.78 is 31.7. The number of anilines is 1. The van der Waals surface area contributed by atoms with Crippen molar-refractivity contribution < 1.29 is 13.2 Å². The number of nitrogens with one attached hydrogen (secondary N) is 1. The molecular formula is C23H23N5O3S. The lowest BCUT2D eigenvalue weighted by Gasteiger charge is -2.21. The van der Waals surface area contributed by atoms with E-state index >= 15 is 0 Å². The lowest BCUT2D eigenvalue weighted by molar-refractivity contribution is 0.109. The van der Waals surface area contributed by atoms with Gasteiger partial charge in [0.2, 0.25) is 16.0 Å². The number of nitrogens with two attached hydrogens (primary N) is 1. The van der Waals surface area contributed by atoms with Crippen LogP contribution in [0.2, 0.25) is 0 Å². The molecule has 8 nitrogen and oxygen atoms in total. The van der Waals surface area contributed by atoms with Crippen molar-refractivity contribution in [1.82, 2.24) is 14.5 Å². The molecule has 9 heteroatoms. The largest absolute Gasteiger partial charge is 0.376 e. The Morgan fingerprint density at radius 1 is 1.12 bits per heavy atom. The van der Waals surface area contributed by atoms with E-state index in [-0.39, 0.29) is 4.90 Å². The number of fused-ring (bicyclic) bond motifs is 2. The monoisotopic (exact) mass is 449 g/mol. The minimum absolute atomic E-state index is 0.0886. The maximum Gasteiger partial charge on any atom is 0.238 e. The number of ether oxygens (including phenoxy) is 1. The molecule has 0 saturated heterocycles. The number of aromatic nitrogens is 3. The van der Waals surface area contributed by atoms with Gasteiger partial charge in [-0.15, -0.1) is 0 Å². The van der Waals surface area contributed by atoms with E-state index in [0.717, 1.165) is 28.3 Å². The molecule has 0 amide bonds. The lowest BCUT2D eigenvalue weighted by Crippen LogP contribution is -2.19. The SMILES string of the molecule is Cc1cc2c(S(N)(=O)=O)cccc2n1-c1nc2c(c(NCc3ccccc3)n1)COCC2. The lowest BCUT2D eigenvalue weighted by atomic mass is 10.1. The van der Waals surface area contributed by atoms with Crippen molar-refractivity contribution in [2.45, 2.75) is 31.4 Å². The van der Waals surface area contributed by atoms with Crippen LogP contribution < -0.4 is 10.5 Å². The second-order valence-corrected chi connectivity index (χ2v) is 9.32. The van der Waals surface area contributed by atoms with Gasteiger partial charge in [0.1, 0.15) is 5.82 Å². The van der Waals surface area contributed by atoms with Crippen molar-refractivity contribution in [3.63, 3.8) is 0 Å². The Morgan fingerprint density at radius 2 is 1.94 bits per heavy atom. The maximum atomic E-state index is 12.1. The van der Waals surface area contributed by atoms with E-state index < -0.39 is 10.0 Å². The number of nitrogens with zero attached hydrogens (tertiary/aromatic N) is 3. The van der Waals surface area contributed by atoms with E-state index in [1.165, 1.54) is 6.07 Å². The molecule has 32 heavy (non-hydrogen) atoms. The Balaban J connectivity index is 1.64. The molecule has 3 heterocycles. The van der Waals surface area contributed by atoms with Crippen molar-refractivity contribution in [3.05, 3.63) is 77.1 Å². The molecule has 0 aliphatic carbocycles. The molecule has 0 radical (unpaired) electrons. The first-order valence-electron chi connectivity index (χ1n) is 10.3. The Bertz CT molecular complexity index is 1410. The molecule has 1 aliphatic heterocycles. The summed E-state index contributed by atoms with van der Waals surface area (Å²) in [6, 6.07) is 16.9. The number of rotatable bonds is 5. The number of hydrogen-bond acceptors (Lipinski definition) is 6. The highest BCUT2D eigenvalue weighted by Gasteiger charge is 2.22. The van der Waals surface area contributed by atoms with Gasteiger partial charge in [0.15, 0.2) is 0 Å². The van der Waals surface area contributed by atoms with Gasteiger partial charge in [0.05, 0.1) is 29.3 Å². The summed E-state index contributed by atoms with van der Waals surface area (Å²) in [5, 5.41) is 9.42. The van der Waals surface area contributed by atoms with Gasteiger partial charge in [-0.3, -0.25) is 4.57 Å². The summed E-state index contributed by atoms with van der Waals surface area (Å²) >= 11 is 0. The molecule has 0 atom stereocenters. The van der Waals surface area contributed by atoms with Crippen molar-refractivity contribution in [2.75, 3.05) is 11.9 Å². The number of primary sulfonamides is 1.